The minimum atomic E-state index is -0.243. The number of aryl methyl sites for hydroxylation is 1. The molecule has 0 atom stereocenters. The van der Waals surface area contributed by atoms with Gasteiger partial charge in [-0.15, -0.1) is 0 Å². The Bertz CT molecular complexity index is 674. The molecule has 0 aromatic heterocycles. The molecular formula is C18H19Cl2NO2. The first-order valence-corrected chi connectivity index (χ1v) is 8.10. The number of hydrogen-bond acceptors (Lipinski definition) is 2. The molecule has 1 N–H and O–H groups in total. The molecule has 3 nitrogen and oxygen atoms in total. The number of benzene rings is 2. The Morgan fingerprint density at radius 3 is 2.39 bits per heavy atom. The van der Waals surface area contributed by atoms with Crippen molar-refractivity contribution in [3.8, 4) is 5.75 Å². The number of nitrogens with one attached hydrogen (secondary N) is 1. The quantitative estimate of drug-likeness (QED) is 0.778. The van der Waals surface area contributed by atoms with E-state index >= 15 is 0 Å². The van der Waals surface area contributed by atoms with Gasteiger partial charge in [-0.05, 0) is 48.2 Å². The SMILES string of the molecule is Cc1cc(Cl)cc(Cl)c1OCC(=O)Nc1ccc(C(C)C)cc1. The van der Waals surface area contributed by atoms with Crippen LogP contribution < -0.4 is 10.1 Å². The van der Waals surface area contributed by atoms with Gasteiger partial charge in [0.15, 0.2) is 6.61 Å². The Kier molecular flexibility index (Phi) is 5.91. The van der Waals surface area contributed by atoms with Crippen LogP contribution >= 0.6 is 23.2 Å². The van der Waals surface area contributed by atoms with Crippen molar-refractivity contribution in [1.29, 1.82) is 0 Å². The van der Waals surface area contributed by atoms with Crippen molar-refractivity contribution < 1.29 is 9.53 Å². The van der Waals surface area contributed by atoms with E-state index < -0.39 is 0 Å². The second-order valence-corrected chi connectivity index (χ2v) is 6.49. The lowest BCUT2D eigenvalue weighted by atomic mass is 10.0. The molecule has 0 aliphatic carbocycles. The average molecular weight is 352 g/mol. The first-order valence-electron chi connectivity index (χ1n) is 7.35. The topological polar surface area (TPSA) is 38.3 Å². The average Bonchev–Trinajstić information content (AvgIpc) is 2.46. The summed E-state index contributed by atoms with van der Waals surface area (Å²) in [6.07, 6.45) is 0. The van der Waals surface area contributed by atoms with Crippen LogP contribution in [0.2, 0.25) is 10.0 Å². The van der Waals surface area contributed by atoms with Crippen molar-refractivity contribution in [1.82, 2.24) is 0 Å². The van der Waals surface area contributed by atoms with Gasteiger partial charge in [0.25, 0.3) is 5.91 Å². The normalized spacial score (nSPS) is 10.7. The molecule has 2 aromatic carbocycles. The van der Waals surface area contributed by atoms with E-state index in [4.69, 9.17) is 27.9 Å². The number of rotatable bonds is 5. The fourth-order valence-corrected chi connectivity index (χ4v) is 2.81. The molecule has 23 heavy (non-hydrogen) atoms. The zero-order valence-corrected chi connectivity index (χ0v) is 14.8. The molecule has 0 saturated carbocycles. The summed E-state index contributed by atoms with van der Waals surface area (Å²) in [5, 5.41) is 3.72. The van der Waals surface area contributed by atoms with E-state index in [9.17, 15) is 4.79 Å². The van der Waals surface area contributed by atoms with Crippen molar-refractivity contribution in [3.05, 3.63) is 57.6 Å². The molecule has 2 aromatic rings. The van der Waals surface area contributed by atoms with Crippen LogP contribution in [0, 0.1) is 6.92 Å². The fraction of sp³-hybridized carbons (Fsp3) is 0.278. The van der Waals surface area contributed by atoms with Crippen molar-refractivity contribution in [2.24, 2.45) is 0 Å². The molecule has 2 rings (SSSR count). The van der Waals surface area contributed by atoms with E-state index in [2.05, 4.69) is 19.2 Å². The van der Waals surface area contributed by atoms with Crippen LogP contribution in [0.1, 0.15) is 30.9 Å². The van der Waals surface area contributed by atoms with Gasteiger partial charge in [-0.25, -0.2) is 0 Å². The summed E-state index contributed by atoms with van der Waals surface area (Å²) in [6.45, 7) is 5.96. The number of ether oxygens (including phenoxy) is 1. The van der Waals surface area contributed by atoms with E-state index in [0.29, 0.717) is 21.7 Å². The Morgan fingerprint density at radius 1 is 1.17 bits per heavy atom. The Hall–Kier alpha value is -1.71. The third kappa shape index (κ3) is 4.88. The third-order valence-electron chi connectivity index (χ3n) is 3.40. The zero-order valence-electron chi connectivity index (χ0n) is 13.3. The van der Waals surface area contributed by atoms with Crippen LogP contribution in [0.4, 0.5) is 5.69 Å². The maximum Gasteiger partial charge on any atom is 0.262 e. The molecule has 1 amide bonds. The molecule has 0 heterocycles. The molecule has 0 unspecified atom stereocenters. The lowest BCUT2D eigenvalue weighted by Gasteiger charge is -2.12. The van der Waals surface area contributed by atoms with Gasteiger partial charge in [-0.3, -0.25) is 4.79 Å². The minimum absolute atomic E-state index is 0.117. The molecule has 0 aliphatic rings. The van der Waals surface area contributed by atoms with Crippen LogP contribution in [0.3, 0.4) is 0 Å². The molecule has 122 valence electrons. The van der Waals surface area contributed by atoms with Gasteiger partial charge in [0.05, 0.1) is 5.02 Å². The monoisotopic (exact) mass is 351 g/mol. The molecular weight excluding hydrogens is 333 g/mol. The standard InChI is InChI=1S/C18H19Cl2NO2/c1-11(2)13-4-6-15(7-5-13)21-17(22)10-23-18-12(3)8-14(19)9-16(18)20/h4-9,11H,10H2,1-3H3,(H,21,22). The highest BCUT2D eigenvalue weighted by molar-refractivity contribution is 6.35. The maximum absolute atomic E-state index is 12.0. The van der Waals surface area contributed by atoms with Gasteiger partial charge in [0.2, 0.25) is 0 Å². The smallest absolute Gasteiger partial charge is 0.262 e. The molecule has 5 heteroatoms. The number of amides is 1. The van der Waals surface area contributed by atoms with Gasteiger partial charge in [0.1, 0.15) is 5.75 Å². The predicted molar refractivity (Wildman–Crippen MR) is 95.9 cm³/mol. The number of halogens is 2. The molecule has 0 radical (unpaired) electrons. The number of carbonyl (C=O) groups is 1. The number of anilines is 1. The van der Waals surface area contributed by atoms with Crippen molar-refractivity contribution >= 4 is 34.8 Å². The Morgan fingerprint density at radius 2 is 1.83 bits per heavy atom. The van der Waals surface area contributed by atoms with E-state index in [1.54, 1.807) is 12.1 Å². The van der Waals surface area contributed by atoms with Gasteiger partial charge in [0, 0.05) is 10.7 Å². The van der Waals surface area contributed by atoms with E-state index in [1.807, 2.05) is 31.2 Å². The summed E-state index contributed by atoms with van der Waals surface area (Å²) in [5.74, 6) is 0.687. The lowest BCUT2D eigenvalue weighted by molar-refractivity contribution is -0.118. The molecule has 0 saturated heterocycles. The summed E-state index contributed by atoms with van der Waals surface area (Å²) >= 11 is 12.0. The summed E-state index contributed by atoms with van der Waals surface area (Å²) < 4.78 is 5.52. The fourth-order valence-electron chi connectivity index (χ4n) is 2.16. The van der Waals surface area contributed by atoms with E-state index in [-0.39, 0.29) is 12.5 Å². The summed E-state index contributed by atoms with van der Waals surface area (Å²) in [4.78, 5) is 12.0. The first kappa shape index (κ1) is 17.6. The number of carbonyl (C=O) groups excluding carboxylic acids is 1. The highest BCUT2D eigenvalue weighted by Crippen LogP contribution is 2.31. The second kappa shape index (κ2) is 7.71. The van der Waals surface area contributed by atoms with Crippen LogP contribution in [0.5, 0.6) is 5.75 Å². The molecule has 0 fully saturated rings. The summed E-state index contributed by atoms with van der Waals surface area (Å²) in [6, 6.07) is 11.1. The van der Waals surface area contributed by atoms with Gasteiger partial charge >= 0.3 is 0 Å². The largest absolute Gasteiger partial charge is 0.482 e. The van der Waals surface area contributed by atoms with Crippen LogP contribution in [-0.2, 0) is 4.79 Å². The zero-order chi connectivity index (χ0) is 17.0. The summed E-state index contributed by atoms with van der Waals surface area (Å²) in [5.41, 5.74) is 2.75. The van der Waals surface area contributed by atoms with Crippen LogP contribution in [0.25, 0.3) is 0 Å². The van der Waals surface area contributed by atoms with E-state index in [0.717, 1.165) is 11.3 Å². The molecule has 0 aliphatic heterocycles. The van der Waals surface area contributed by atoms with Gasteiger partial charge in [-0.1, -0.05) is 49.2 Å². The predicted octanol–water partition coefficient (Wildman–Crippen LogP) is 5.44. The maximum atomic E-state index is 12.0. The van der Waals surface area contributed by atoms with Crippen LogP contribution in [0.15, 0.2) is 36.4 Å². The Balaban J connectivity index is 1.95. The van der Waals surface area contributed by atoms with Crippen LogP contribution in [-0.4, -0.2) is 12.5 Å². The Labute approximate surface area is 146 Å². The lowest BCUT2D eigenvalue weighted by Crippen LogP contribution is -2.20. The van der Waals surface area contributed by atoms with Crippen molar-refractivity contribution in [2.75, 3.05) is 11.9 Å². The summed E-state index contributed by atoms with van der Waals surface area (Å²) in [7, 11) is 0. The molecule has 0 bridgehead atoms. The number of hydrogen-bond donors (Lipinski definition) is 1. The van der Waals surface area contributed by atoms with Gasteiger partial charge in [-0.2, -0.15) is 0 Å². The highest BCUT2D eigenvalue weighted by Gasteiger charge is 2.10. The first-order chi connectivity index (χ1) is 10.9. The minimum Gasteiger partial charge on any atom is -0.482 e. The van der Waals surface area contributed by atoms with Gasteiger partial charge < -0.3 is 10.1 Å². The van der Waals surface area contributed by atoms with E-state index in [1.165, 1.54) is 5.56 Å². The highest BCUT2D eigenvalue weighted by atomic mass is 35.5. The van der Waals surface area contributed by atoms with Crippen molar-refractivity contribution in [3.63, 3.8) is 0 Å². The van der Waals surface area contributed by atoms with Crippen molar-refractivity contribution in [2.45, 2.75) is 26.7 Å². The second-order valence-electron chi connectivity index (χ2n) is 5.65. The third-order valence-corrected chi connectivity index (χ3v) is 3.90. The molecule has 0 spiro atoms.